The predicted octanol–water partition coefficient (Wildman–Crippen LogP) is 3.90. The van der Waals surface area contributed by atoms with Crippen molar-refractivity contribution in [1.29, 1.82) is 5.26 Å². The van der Waals surface area contributed by atoms with Gasteiger partial charge in [-0.15, -0.1) is 11.3 Å². The van der Waals surface area contributed by atoms with E-state index in [1.165, 1.54) is 16.2 Å². The summed E-state index contributed by atoms with van der Waals surface area (Å²) in [5, 5.41) is 18.8. The van der Waals surface area contributed by atoms with Crippen molar-refractivity contribution in [2.24, 2.45) is 4.99 Å². The Hall–Kier alpha value is -3.60. The number of amidine groups is 1. The summed E-state index contributed by atoms with van der Waals surface area (Å²) in [6.45, 7) is 2.75. The van der Waals surface area contributed by atoms with E-state index in [-0.39, 0.29) is 6.03 Å². The summed E-state index contributed by atoms with van der Waals surface area (Å²) in [5.41, 5.74) is 9.93. The maximum atomic E-state index is 13.6. The number of unbranched alkanes of at least 4 members (excludes halogenated alkanes) is 1. The first-order chi connectivity index (χ1) is 21.9. The highest BCUT2D eigenvalue weighted by Crippen LogP contribution is 2.54. The molecule has 12 nitrogen and oxygen atoms in total. The quantitative estimate of drug-likeness (QED) is 0.392. The number of amides is 2. The van der Waals surface area contributed by atoms with Crippen LogP contribution in [0.5, 0.6) is 0 Å². The number of ether oxygens (including phenoxy) is 2. The molecule has 5 heterocycles. The third-order valence-corrected chi connectivity index (χ3v) is 11.4. The topological polar surface area (TPSA) is 145 Å². The minimum Gasteiger partial charge on any atom is -0.476 e. The number of rotatable bonds is 9. The lowest BCUT2D eigenvalue weighted by Crippen LogP contribution is -2.41. The van der Waals surface area contributed by atoms with Gasteiger partial charge in [-0.25, -0.2) is 9.79 Å². The highest BCUT2D eigenvalue weighted by Gasteiger charge is 2.50. The number of nitrogens with one attached hydrogen (secondary N) is 1. The third kappa shape index (κ3) is 4.89. The van der Waals surface area contributed by atoms with E-state index in [2.05, 4.69) is 28.5 Å². The monoisotopic (exact) mass is 634 g/mol. The summed E-state index contributed by atoms with van der Waals surface area (Å²) >= 11 is 1.54. The molecule has 0 saturated carbocycles. The Morgan fingerprint density at radius 3 is 2.80 bits per heavy atom. The molecule has 3 aliphatic heterocycles. The number of likely N-dealkylation sites (N-methyl/N-ethyl adjacent to an activating group) is 2. The number of anilines is 1. The first-order valence-electron chi connectivity index (χ1n) is 16.1. The highest BCUT2D eigenvalue weighted by atomic mass is 32.1. The van der Waals surface area contributed by atoms with Gasteiger partial charge in [-0.2, -0.15) is 5.26 Å². The van der Waals surface area contributed by atoms with Gasteiger partial charge in [-0.1, -0.05) is 5.16 Å². The van der Waals surface area contributed by atoms with Crippen LogP contribution in [-0.4, -0.2) is 91.4 Å². The zero-order valence-electron chi connectivity index (χ0n) is 26.4. The number of nitrogens with two attached hydrogens (primary N) is 1. The lowest BCUT2D eigenvalue weighted by Gasteiger charge is -2.39. The number of thiophene rings is 1. The average molecular weight is 635 g/mol. The number of hydrogen-bond acceptors (Lipinski definition) is 11. The Morgan fingerprint density at radius 1 is 1.22 bits per heavy atom. The van der Waals surface area contributed by atoms with E-state index in [0.717, 1.165) is 87.6 Å². The van der Waals surface area contributed by atoms with Crippen LogP contribution in [0.2, 0.25) is 0 Å². The van der Waals surface area contributed by atoms with E-state index in [1.54, 1.807) is 19.1 Å². The van der Waals surface area contributed by atoms with Gasteiger partial charge in [0.2, 0.25) is 5.88 Å². The van der Waals surface area contributed by atoms with Crippen molar-refractivity contribution in [3.63, 3.8) is 0 Å². The van der Waals surface area contributed by atoms with Crippen LogP contribution in [0, 0.1) is 11.3 Å². The number of aromatic nitrogens is 1. The van der Waals surface area contributed by atoms with Crippen molar-refractivity contribution < 1.29 is 18.8 Å². The minimum absolute atomic E-state index is 0.103. The van der Waals surface area contributed by atoms with Crippen molar-refractivity contribution in [2.75, 3.05) is 53.2 Å². The molecule has 7 rings (SSSR count). The minimum atomic E-state index is -0.536. The normalized spacial score (nSPS) is 26.1. The number of likely N-dealkylation sites (tertiary alicyclic amines) is 1. The number of hydrogen-bond donors (Lipinski definition) is 2. The van der Waals surface area contributed by atoms with E-state index in [9.17, 15) is 10.1 Å². The van der Waals surface area contributed by atoms with Crippen molar-refractivity contribution >= 4 is 28.2 Å². The number of nitrogen functional groups attached to an aromatic ring is 1. The highest BCUT2D eigenvalue weighted by molar-refractivity contribution is 7.16. The smallest absolute Gasteiger partial charge is 0.326 e. The number of urea groups is 1. The molecule has 2 saturated heterocycles. The van der Waals surface area contributed by atoms with Crippen LogP contribution in [0.1, 0.15) is 84.4 Å². The average Bonchev–Trinajstić information content (AvgIpc) is 3.80. The number of carbonyl (C=O) groups excluding carboxylic acids is 1. The summed E-state index contributed by atoms with van der Waals surface area (Å²) in [5.74, 6) is 1.91. The first kappa shape index (κ1) is 30.1. The van der Waals surface area contributed by atoms with Crippen molar-refractivity contribution in [1.82, 2.24) is 25.2 Å². The summed E-state index contributed by atoms with van der Waals surface area (Å²) in [4.78, 5) is 25.7. The Morgan fingerprint density at radius 2 is 2.04 bits per heavy atom. The molecule has 5 aliphatic rings. The molecule has 2 aliphatic carbocycles. The Bertz CT molecular complexity index is 1590. The number of carbonyl (C=O) groups is 1. The zero-order valence-corrected chi connectivity index (χ0v) is 27.2. The van der Waals surface area contributed by atoms with Crippen LogP contribution in [0.4, 0.5) is 9.80 Å². The molecule has 0 bridgehead atoms. The fraction of sp³-hybridized carbons (Fsp3) is 0.625. The molecule has 13 heteroatoms. The predicted molar refractivity (Wildman–Crippen MR) is 170 cm³/mol. The molecular weight excluding hydrogens is 592 g/mol. The summed E-state index contributed by atoms with van der Waals surface area (Å²) in [6.07, 6.45) is 8.74. The maximum absolute atomic E-state index is 13.6. The van der Waals surface area contributed by atoms with Gasteiger partial charge in [0.15, 0.2) is 23.5 Å². The van der Waals surface area contributed by atoms with Crippen LogP contribution in [0.15, 0.2) is 21.1 Å². The largest absolute Gasteiger partial charge is 0.476 e. The SMILES string of the molecule is COCCCCN1C(=O)N(C)C2=C(OC[C@@H]3CCCN3C)NC(c3noc4c3CCC[C@@]43CCCc4sc(N)c(C#N)c43)=NC21. The number of fused-ring (bicyclic) bond motifs is 5. The van der Waals surface area contributed by atoms with Gasteiger partial charge in [-0.05, 0) is 83.4 Å². The standard InChI is InChI=1S/C32H42N8O4S/c1-38-14-8-9-19(38)18-43-30-25-29(40(31(41)39(25)2)15-4-5-16-42-3)35-28(36-30)24-20-10-6-12-32(26(20)44-37-24)13-7-11-22-23(32)21(17-33)27(34)45-22/h19,29H,4-16,18,34H2,1-3H3,(H,35,36)/t19-,29?,32-/m0/s1. The summed E-state index contributed by atoms with van der Waals surface area (Å²) in [7, 11) is 5.60. The molecule has 2 aromatic rings. The van der Waals surface area contributed by atoms with Gasteiger partial charge >= 0.3 is 6.03 Å². The van der Waals surface area contributed by atoms with Crippen LogP contribution in [-0.2, 0) is 27.7 Å². The molecule has 3 atom stereocenters. The molecule has 45 heavy (non-hydrogen) atoms. The molecule has 0 radical (unpaired) electrons. The molecule has 2 amide bonds. The number of nitrogens with zero attached hydrogens (tertiary/aromatic N) is 6. The Labute approximate surface area is 267 Å². The second-order valence-corrected chi connectivity index (χ2v) is 14.0. The zero-order chi connectivity index (χ0) is 31.3. The van der Waals surface area contributed by atoms with Crippen molar-refractivity contribution in [3.05, 3.63) is 44.6 Å². The molecule has 3 N–H and O–H groups in total. The Kier molecular flexibility index (Phi) is 8.00. The molecule has 2 fully saturated rings. The van der Waals surface area contributed by atoms with Crippen LogP contribution < -0.4 is 11.1 Å². The number of aryl methyl sites for hydroxylation is 1. The fourth-order valence-corrected chi connectivity index (χ4v) is 9.18. The van der Waals surface area contributed by atoms with Gasteiger partial charge in [0.05, 0.1) is 11.0 Å². The number of aliphatic imine (C=N–C) groups is 1. The number of nitriles is 1. The lowest BCUT2D eigenvalue weighted by atomic mass is 9.63. The maximum Gasteiger partial charge on any atom is 0.326 e. The van der Waals surface area contributed by atoms with Gasteiger partial charge in [-0.3, -0.25) is 9.80 Å². The van der Waals surface area contributed by atoms with Crippen molar-refractivity contribution in [3.8, 4) is 6.07 Å². The van der Waals surface area contributed by atoms with E-state index in [1.807, 2.05) is 4.90 Å². The second-order valence-electron chi connectivity index (χ2n) is 12.9. The second kappa shape index (κ2) is 12.0. The lowest BCUT2D eigenvalue weighted by molar-refractivity contribution is 0.124. The molecule has 1 spiro atoms. The van der Waals surface area contributed by atoms with Gasteiger partial charge in [0, 0.05) is 43.8 Å². The van der Waals surface area contributed by atoms with Gasteiger partial charge < -0.3 is 29.9 Å². The molecule has 2 aromatic heterocycles. The molecule has 1 unspecified atom stereocenters. The van der Waals surface area contributed by atoms with E-state index in [4.69, 9.17) is 24.7 Å². The van der Waals surface area contributed by atoms with Gasteiger partial charge in [0.25, 0.3) is 0 Å². The van der Waals surface area contributed by atoms with Gasteiger partial charge in [0.1, 0.15) is 23.4 Å². The molecular formula is C32H42N8O4S. The fourth-order valence-electron chi connectivity index (χ4n) is 8.02. The first-order valence-corrected chi connectivity index (χ1v) is 17.0. The molecule has 0 aromatic carbocycles. The van der Waals surface area contributed by atoms with Crippen LogP contribution in [0.3, 0.4) is 0 Å². The van der Waals surface area contributed by atoms with Crippen LogP contribution in [0.25, 0.3) is 0 Å². The van der Waals surface area contributed by atoms with Crippen molar-refractivity contribution in [2.45, 2.75) is 81.8 Å². The Balaban J connectivity index is 1.26. The summed E-state index contributed by atoms with van der Waals surface area (Å²) in [6, 6.07) is 2.60. The molecule has 240 valence electrons. The van der Waals surface area contributed by atoms with Crippen LogP contribution >= 0.6 is 11.3 Å². The van der Waals surface area contributed by atoms with E-state index in [0.29, 0.717) is 59.5 Å². The third-order valence-electron chi connectivity index (χ3n) is 10.3. The number of methoxy groups -OCH3 is 1. The van der Waals surface area contributed by atoms with E-state index >= 15 is 0 Å². The van der Waals surface area contributed by atoms with E-state index < -0.39 is 11.6 Å². The summed E-state index contributed by atoms with van der Waals surface area (Å²) < 4.78 is 18.0.